The minimum atomic E-state index is -0.784. The Hall–Kier alpha value is -1.40. The third-order valence-electron chi connectivity index (χ3n) is 11.8. The summed E-state index contributed by atoms with van der Waals surface area (Å²) < 4.78 is 5.91. The molecule has 0 fully saturated rings. The maximum absolute atomic E-state index is 13.1. The van der Waals surface area contributed by atoms with Crippen molar-refractivity contribution in [2.45, 2.75) is 296 Å². The van der Waals surface area contributed by atoms with Crippen molar-refractivity contribution < 1.29 is 24.5 Å². The molecule has 0 aromatic rings. The van der Waals surface area contributed by atoms with Gasteiger partial charge in [0.2, 0.25) is 5.91 Å². The molecule has 0 rings (SSSR count). The van der Waals surface area contributed by atoms with Crippen LogP contribution in [0.3, 0.4) is 0 Å². The van der Waals surface area contributed by atoms with Gasteiger partial charge in [-0.25, -0.2) is 0 Å². The Morgan fingerprint density at radius 3 is 1.30 bits per heavy atom. The number of rotatable bonds is 46. The van der Waals surface area contributed by atoms with Gasteiger partial charge in [0.1, 0.15) is 6.10 Å². The number of aliphatic hydroxyl groups is 2. The van der Waals surface area contributed by atoms with Crippen LogP contribution < -0.4 is 5.32 Å². The van der Waals surface area contributed by atoms with E-state index in [4.69, 9.17) is 4.74 Å². The van der Waals surface area contributed by atoms with Crippen LogP contribution in [0.2, 0.25) is 0 Å². The summed E-state index contributed by atoms with van der Waals surface area (Å²) in [4.78, 5) is 26.0. The van der Waals surface area contributed by atoms with E-state index in [0.717, 1.165) is 64.2 Å². The van der Waals surface area contributed by atoms with Crippen LogP contribution in [0.15, 0.2) is 12.2 Å². The Balaban J connectivity index is 4.42. The molecule has 6 nitrogen and oxygen atoms in total. The average Bonchev–Trinajstić information content (AvgIpc) is 3.20. The molecule has 6 heteroatoms. The minimum absolute atomic E-state index is 0.0729. The highest BCUT2D eigenvalue weighted by atomic mass is 16.5. The Morgan fingerprint density at radius 1 is 0.491 bits per heavy atom. The SMILES string of the molecule is CCCC/C=C\CCCCCC(CC(=O)NC(CO)C(O)CCCCCCCCCCCCCC)OC(=O)CCCCCCCCCCCCCCCCCCC. The molecule has 1 amide bonds. The van der Waals surface area contributed by atoms with Gasteiger partial charge in [0.15, 0.2) is 0 Å². The Morgan fingerprint density at radius 2 is 0.860 bits per heavy atom. The van der Waals surface area contributed by atoms with E-state index in [-0.39, 0.29) is 24.9 Å². The summed E-state index contributed by atoms with van der Waals surface area (Å²) in [6, 6.07) is -0.698. The highest BCUT2D eigenvalue weighted by Crippen LogP contribution is 2.18. The summed E-state index contributed by atoms with van der Waals surface area (Å²) in [6.45, 7) is 6.45. The van der Waals surface area contributed by atoms with Crippen molar-refractivity contribution >= 4 is 11.9 Å². The van der Waals surface area contributed by atoms with Gasteiger partial charge in [-0.1, -0.05) is 232 Å². The van der Waals surface area contributed by atoms with E-state index < -0.39 is 18.2 Å². The first kappa shape index (κ1) is 55.6. The smallest absolute Gasteiger partial charge is 0.306 e. The first-order valence-corrected chi connectivity index (χ1v) is 25.4. The summed E-state index contributed by atoms with van der Waals surface area (Å²) in [5, 5.41) is 23.7. The fourth-order valence-electron chi connectivity index (χ4n) is 7.94. The summed E-state index contributed by atoms with van der Waals surface area (Å²) >= 11 is 0. The largest absolute Gasteiger partial charge is 0.462 e. The number of hydrogen-bond acceptors (Lipinski definition) is 5. The fourth-order valence-corrected chi connectivity index (χ4v) is 7.94. The van der Waals surface area contributed by atoms with Crippen molar-refractivity contribution in [2.24, 2.45) is 0 Å². The molecule has 0 bridgehead atoms. The summed E-state index contributed by atoms with van der Waals surface area (Å²) in [5.74, 6) is -0.476. The van der Waals surface area contributed by atoms with Gasteiger partial charge in [0.05, 0.1) is 25.2 Å². The molecule has 0 aliphatic rings. The molecule has 338 valence electrons. The molecule has 3 N–H and O–H groups in total. The van der Waals surface area contributed by atoms with E-state index >= 15 is 0 Å². The normalized spacial score (nSPS) is 13.3. The second-order valence-electron chi connectivity index (χ2n) is 17.6. The standard InChI is InChI=1S/C51H99NO5/c1-4-7-10-13-16-19-21-23-24-25-26-27-29-32-35-38-41-44-51(56)57-47(42-39-36-33-30-18-15-12-9-6-3)45-50(55)52-48(46-53)49(54)43-40-37-34-31-28-22-20-17-14-11-8-5-2/h15,18,47-49,53-54H,4-14,16-17,19-46H2,1-3H3,(H,52,55)/b18-15-. The number of unbranched alkanes of at least 4 members (excludes halogenated alkanes) is 32. The summed E-state index contributed by atoms with van der Waals surface area (Å²) in [6.07, 6.45) is 49.9. The van der Waals surface area contributed by atoms with Crippen molar-refractivity contribution in [1.29, 1.82) is 0 Å². The van der Waals surface area contributed by atoms with Crippen LogP contribution >= 0.6 is 0 Å². The third-order valence-corrected chi connectivity index (χ3v) is 11.8. The molecular weight excluding hydrogens is 707 g/mol. The van der Waals surface area contributed by atoms with E-state index in [2.05, 4.69) is 38.2 Å². The lowest BCUT2D eigenvalue weighted by molar-refractivity contribution is -0.151. The van der Waals surface area contributed by atoms with E-state index in [1.54, 1.807) is 0 Å². The molecule has 0 saturated carbocycles. The highest BCUT2D eigenvalue weighted by Gasteiger charge is 2.24. The number of amides is 1. The molecule has 0 aliphatic carbocycles. The van der Waals surface area contributed by atoms with Crippen molar-refractivity contribution in [3.63, 3.8) is 0 Å². The van der Waals surface area contributed by atoms with Gasteiger partial charge in [-0.2, -0.15) is 0 Å². The maximum atomic E-state index is 13.1. The van der Waals surface area contributed by atoms with Crippen molar-refractivity contribution in [3.8, 4) is 0 Å². The molecule has 0 aliphatic heterocycles. The van der Waals surface area contributed by atoms with Crippen LogP contribution in [0.1, 0.15) is 278 Å². The lowest BCUT2D eigenvalue weighted by Crippen LogP contribution is -2.46. The minimum Gasteiger partial charge on any atom is -0.462 e. The summed E-state index contributed by atoms with van der Waals surface area (Å²) in [5.41, 5.74) is 0. The highest BCUT2D eigenvalue weighted by molar-refractivity contribution is 5.77. The molecule has 0 heterocycles. The number of esters is 1. The molecule has 3 atom stereocenters. The Kier molecular flexibility index (Phi) is 44.6. The second-order valence-corrected chi connectivity index (χ2v) is 17.6. The zero-order chi connectivity index (χ0) is 41.7. The Labute approximate surface area is 355 Å². The van der Waals surface area contributed by atoms with Gasteiger partial charge < -0.3 is 20.3 Å². The third kappa shape index (κ3) is 41.1. The zero-order valence-corrected chi connectivity index (χ0v) is 38.5. The van der Waals surface area contributed by atoms with E-state index in [1.165, 1.54) is 167 Å². The molecule has 0 spiro atoms. The fraction of sp³-hybridized carbons (Fsp3) is 0.922. The molecule has 0 aromatic heterocycles. The zero-order valence-electron chi connectivity index (χ0n) is 38.5. The van der Waals surface area contributed by atoms with Crippen LogP contribution in [-0.4, -0.2) is 46.9 Å². The monoisotopic (exact) mass is 806 g/mol. The molecule has 3 unspecified atom stereocenters. The number of aliphatic hydroxyl groups excluding tert-OH is 2. The van der Waals surface area contributed by atoms with Crippen LogP contribution in [0.25, 0.3) is 0 Å². The van der Waals surface area contributed by atoms with Crippen LogP contribution in [0.4, 0.5) is 0 Å². The topological polar surface area (TPSA) is 95.9 Å². The maximum Gasteiger partial charge on any atom is 0.306 e. The number of nitrogens with one attached hydrogen (secondary N) is 1. The lowest BCUT2D eigenvalue weighted by Gasteiger charge is -2.24. The Bertz CT molecular complexity index is 863. The molecule has 0 radical (unpaired) electrons. The van der Waals surface area contributed by atoms with E-state index in [0.29, 0.717) is 19.3 Å². The van der Waals surface area contributed by atoms with Crippen LogP contribution in [0, 0.1) is 0 Å². The van der Waals surface area contributed by atoms with Crippen molar-refractivity contribution in [1.82, 2.24) is 5.32 Å². The average molecular weight is 806 g/mol. The molecule has 0 aromatic carbocycles. The molecule has 0 saturated heterocycles. The van der Waals surface area contributed by atoms with Gasteiger partial charge in [-0.05, 0) is 44.9 Å². The van der Waals surface area contributed by atoms with Gasteiger partial charge in [0, 0.05) is 6.42 Å². The number of hydrogen-bond donors (Lipinski definition) is 3. The van der Waals surface area contributed by atoms with E-state index in [9.17, 15) is 19.8 Å². The first-order valence-electron chi connectivity index (χ1n) is 25.4. The predicted octanol–water partition coefficient (Wildman–Crippen LogP) is 15.0. The van der Waals surface area contributed by atoms with Crippen LogP contribution in [0.5, 0.6) is 0 Å². The number of carbonyl (C=O) groups is 2. The van der Waals surface area contributed by atoms with Gasteiger partial charge in [-0.15, -0.1) is 0 Å². The summed E-state index contributed by atoms with van der Waals surface area (Å²) in [7, 11) is 0. The number of carbonyl (C=O) groups excluding carboxylic acids is 2. The number of allylic oxidation sites excluding steroid dienone is 2. The second kappa shape index (κ2) is 45.7. The van der Waals surface area contributed by atoms with Gasteiger partial charge in [0.25, 0.3) is 0 Å². The molecular formula is C51H99NO5. The van der Waals surface area contributed by atoms with E-state index in [1.807, 2.05) is 0 Å². The van der Waals surface area contributed by atoms with Gasteiger partial charge in [-0.3, -0.25) is 9.59 Å². The van der Waals surface area contributed by atoms with Crippen molar-refractivity contribution in [3.05, 3.63) is 12.2 Å². The predicted molar refractivity (Wildman–Crippen MR) is 246 cm³/mol. The van der Waals surface area contributed by atoms with Gasteiger partial charge >= 0.3 is 5.97 Å². The lowest BCUT2D eigenvalue weighted by atomic mass is 10.0. The van der Waals surface area contributed by atoms with Crippen molar-refractivity contribution in [2.75, 3.05) is 6.61 Å². The first-order chi connectivity index (χ1) is 28.0. The number of ether oxygens (including phenoxy) is 1. The quantitative estimate of drug-likeness (QED) is 0.0323. The molecule has 57 heavy (non-hydrogen) atoms. The van der Waals surface area contributed by atoms with Crippen LogP contribution in [-0.2, 0) is 14.3 Å².